The van der Waals surface area contributed by atoms with E-state index in [2.05, 4.69) is 35.8 Å². The van der Waals surface area contributed by atoms with E-state index in [9.17, 15) is 4.79 Å². The standard InChI is InChI=1S/C23H27ClN8O4/c1-13-27-18(31-36-13)11-25-20-19-16(28-21(29-20)30-22(33)35-23(2,3)4)10-26-32(19)12-15-7-6-14(9-24)8-17(15)34-5/h6-8,10H,9,11-12H2,1-5H3,(H2,25,28,29,30,33). The quantitative estimate of drug-likeness (QED) is 0.327. The molecule has 13 heteroatoms. The van der Waals surface area contributed by atoms with Crippen LogP contribution in [0.1, 0.15) is 43.6 Å². The Hall–Kier alpha value is -3.93. The lowest BCUT2D eigenvalue weighted by molar-refractivity contribution is 0.0634. The van der Waals surface area contributed by atoms with E-state index >= 15 is 0 Å². The van der Waals surface area contributed by atoms with Gasteiger partial charge in [0.2, 0.25) is 11.8 Å². The largest absolute Gasteiger partial charge is 0.496 e. The fraction of sp³-hybridized carbons (Fsp3) is 0.391. The lowest BCUT2D eigenvalue weighted by atomic mass is 10.1. The Morgan fingerprint density at radius 2 is 2.03 bits per heavy atom. The van der Waals surface area contributed by atoms with Gasteiger partial charge in [0.25, 0.3) is 0 Å². The highest BCUT2D eigenvalue weighted by Gasteiger charge is 2.20. The second-order valence-electron chi connectivity index (χ2n) is 8.92. The molecule has 0 aliphatic rings. The van der Waals surface area contributed by atoms with Crippen LogP contribution in [0.5, 0.6) is 5.75 Å². The molecule has 1 amide bonds. The molecule has 4 aromatic rings. The highest BCUT2D eigenvalue weighted by atomic mass is 35.5. The minimum Gasteiger partial charge on any atom is -0.496 e. The number of anilines is 2. The first kappa shape index (κ1) is 25.2. The molecule has 0 saturated heterocycles. The number of nitrogens with zero attached hydrogens (tertiary/aromatic N) is 6. The molecular formula is C23H27ClN8O4. The van der Waals surface area contributed by atoms with Gasteiger partial charge in [0, 0.05) is 18.4 Å². The maximum absolute atomic E-state index is 12.3. The number of carbonyl (C=O) groups is 1. The van der Waals surface area contributed by atoms with Crippen molar-refractivity contribution in [2.75, 3.05) is 17.7 Å². The third-order valence-corrected chi connectivity index (χ3v) is 5.22. The van der Waals surface area contributed by atoms with Crippen molar-refractivity contribution in [2.45, 2.75) is 52.3 Å². The van der Waals surface area contributed by atoms with Crippen molar-refractivity contribution in [2.24, 2.45) is 0 Å². The molecule has 3 heterocycles. The van der Waals surface area contributed by atoms with E-state index in [1.807, 2.05) is 18.2 Å². The molecule has 1 aromatic carbocycles. The van der Waals surface area contributed by atoms with Gasteiger partial charge < -0.3 is 19.3 Å². The Balaban J connectivity index is 1.69. The van der Waals surface area contributed by atoms with Gasteiger partial charge in [0.05, 0.1) is 26.4 Å². The molecule has 0 atom stereocenters. The number of rotatable bonds is 8. The number of alkyl halides is 1. The highest BCUT2D eigenvalue weighted by Crippen LogP contribution is 2.27. The van der Waals surface area contributed by atoms with Crippen molar-refractivity contribution >= 4 is 40.5 Å². The van der Waals surface area contributed by atoms with E-state index in [-0.39, 0.29) is 12.5 Å². The van der Waals surface area contributed by atoms with E-state index < -0.39 is 11.7 Å². The number of aromatic nitrogens is 6. The van der Waals surface area contributed by atoms with Gasteiger partial charge in [0.15, 0.2) is 11.6 Å². The molecule has 4 rings (SSSR count). The van der Waals surface area contributed by atoms with Crippen LogP contribution in [0.3, 0.4) is 0 Å². The normalized spacial score (nSPS) is 11.5. The van der Waals surface area contributed by atoms with Crippen LogP contribution in [0, 0.1) is 6.92 Å². The molecule has 0 bridgehead atoms. The zero-order chi connectivity index (χ0) is 25.9. The van der Waals surface area contributed by atoms with Crippen LogP contribution >= 0.6 is 11.6 Å². The van der Waals surface area contributed by atoms with Crippen LogP contribution in [0.4, 0.5) is 16.6 Å². The molecular weight excluding hydrogens is 488 g/mol. The van der Waals surface area contributed by atoms with E-state index in [1.54, 1.807) is 45.7 Å². The molecule has 12 nitrogen and oxygen atoms in total. The predicted molar refractivity (Wildman–Crippen MR) is 133 cm³/mol. The summed E-state index contributed by atoms with van der Waals surface area (Å²) in [6.07, 6.45) is 0.929. The molecule has 0 fully saturated rings. The molecule has 0 radical (unpaired) electrons. The minimum absolute atomic E-state index is 0.0622. The fourth-order valence-corrected chi connectivity index (χ4v) is 3.60. The van der Waals surface area contributed by atoms with E-state index in [0.29, 0.717) is 46.7 Å². The van der Waals surface area contributed by atoms with Crippen LogP contribution in [0.15, 0.2) is 28.9 Å². The van der Waals surface area contributed by atoms with Gasteiger partial charge in [-0.2, -0.15) is 15.1 Å². The van der Waals surface area contributed by atoms with Crippen molar-refractivity contribution < 1.29 is 18.8 Å². The van der Waals surface area contributed by atoms with Gasteiger partial charge in [-0.25, -0.2) is 9.78 Å². The smallest absolute Gasteiger partial charge is 0.414 e. The van der Waals surface area contributed by atoms with Crippen LogP contribution in [-0.4, -0.2) is 48.7 Å². The van der Waals surface area contributed by atoms with Crippen molar-refractivity contribution in [3.8, 4) is 5.75 Å². The number of carbonyl (C=O) groups excluding carboxylic acids is 1. The first-order chi connectivity index (χ1) is 17.1. The number of hydrogen-bond donors (Lipinski definition) is 2. The minimum atomic E-state index is -0.672. The van der Waals surface area contributed by atoms with Gasteiger partial charge in [-0.15, -0.1) is 11.6 Å². The average Bonchev–Trinajstić information content (AvgIpc) is 3.42. The Morgan fingerprint density at radius 1 is 1.22 bits per heavy atom. The van der Waals surface area contributed by atoms with Crippen molar-refractivity contribution in [1.29, 1.82) is 0 Å². The average molecular weight is 515 g/mol. The number of hydrogen-bond acceptors (Lipinski definition) is 10. The van der Waals surface area contributed by atoms with Crippen molar-refractivity contribution in [1.82, 2.24) is 29.9 Å². The Morgan fingerprint density at radius 3 is 2.69 bits per heavy atom. The SMILES string of the molecule is COc1cc(CCl)ccc1Cn1ncc2nc(NC(=O)OC(C)(C)C)nc(NCc3noc(C)n3)c21. The molecule has 2 N–H and O–H groups in total. The molecule has 0 aliphatic carbocycles. The molecule has 0 spiro atoms. The second kappa shape index (κ2) is 10.4. The van der Waals surface area contributed by atoms with Crippen LogP contribution < -0.4 is 15.4 Å². The summed E-state index contributed by atoms with van der Waals surface area (Å²) in [7, 11) is 1.61. The second-order valence-corrected chi connectivity index (χ2v) is 9.19. The lowest BCUT2D eigenvalue weighted by Crippen LogP contribution is -2.28. The van der Waals surface area contributed by atoms with Gasteiger partial charge in [0.1, 0.15) is 22.4 Å². The van der Waals surface area contributed by atoms with Crippen LogP contribution in [-0.2, 0) is 23.7 Å². The molecule has 0 saturated carbocycles. The van der Waals surface area contributed by atoms with E-state index in [4.69, 9.17) is 25.6 Å². The van der Waals surface area contributed by atoms with E-state index in [1.165, 1.54) is 0 Å². The molecule has 0 aliphatic heterocycles. The number of methoxy groups -OCH3 is 1. The fourth-order valence-electron chi connectivity index (χ4n) is 3.43. The Bertz CT molecular complexity index is 1380. The predicted octanol–water partition coefficient (Wildman–Crippen LogP) is 4.27. The monoisotopic (exact) mass is 514 g/mol. The first-order valence-corrected chi connectivity index (χ1v) is 11.7. The zero-order valence-electron chi connectivity index (χ0n) is 20.6. The highest BCUT2D eigenvalue weighted by molar-refractivity contribution is 6.17. The van der Waals surface area contributed by atoms with Gasteiger partial charge in [-0.05, 0) is 32.4 Å². The summed E-state index contributed by atoms with van der Waals surface area (Å²) in [4.78, 5) is 25.5. The van der Waals surface area contributed by atoms with Gasteiger partial charge >= 0.3 is 6.09 Å². The van der Waals surface area contributed by atoms with Crippen LogP contribution in [0.25, 0.3) is 11.0 Å². The Labute approximate surface area is 212 Å². The summed E-state index contributed by atoms with van der Waals surface area (Å²) in [5, 5.41) is 14.2. The number of amides is 1. The van der Waals surface area contributed by atoms with Crippen LogP contribution in [0.2, 0.25) is 0 Å². The number of ether oxygens (including phenoxy) is 2. The first-order valence-electron chi connectivity index (χ1n) is 11.1. The topological polar surface area (TPSA) is 142 Å². The third-order valence-electron chi connectivity index (χ3n) is 4.91. The molecule has 0 unspecified atom stereocenters. The third kappa shape index (κ3) is 6.00. The summed E-state index contributed by atoms with van der Waals surface area (Å²) in [6, 6.07) is 5.78. The number of fused-ring (bicyclic) bond motifs is 1. The molecule has 3 aromatic heterocycles. The molecule has 36 heavy (non-hydrogen) atoms. The summed E-state index contributed by atoms with van der Waals surface area (Å²) >= 11 is 5.97. The number of aryl methyl sites for hydroxylation is 1. The van der Waals surface area contributed by atoms with Gasteiger partial charge in [-0.3, -0.25) is 10.00 Å². The molecule has 190 valence electrons. The number of halogens is 1. The number of nitrogens with one attached hydrogen (secondary N) is 2. The summed E-state index contributed by atoms with van der Waals surface area (Å²) in [5.74, 6) is 2.45. The zero-order valence-corrected chi connectivity index (χ0v) is 21.4. The van der Waals surface area contributed by atoms with Gasteiger partial charge in [-0.1, -0.05) is 17.3 Å². The maximum atomic E-state index is 12.3. The maximum Gasteiger partial charge on any atom is 0.414 e. The van der Waals surface area contributed by atoms with E-state index in [0.717, 1.165) is 11.1 Å². The number of benzene rings is 1. The summed E-state index contributed by atoms with van der Waals surface area (Å²) in [5.41, 5.74) is 2.30. The summed E-state index contributed by atoms with van der Waals surface area (Å²) < 4.78 is 17.7. The van der Waals surface area contributed by atoms with Crippen molar-refractivity contribution in [3.63, 3.8) is 0 Å². The van der Waals surface area contributed by atoms with Crippen molar-refractivity contribution in [3.05, 3.63) is 47.2 Å². The lowest BCUT2D eigenvalue weighted by Gasteiger charge is -2.19. The Kier molecular flexibility index (Phi) is 7.25. The summed E-state index contributed by atoms with van der Waals surface area (Å²) in [6.45, 7) is 7.64.